The van der Waals surface area contributed by atoms with E-state index in [-0.39, 0.29) is 5.41 Å². The monoisotopic (exact) mass is 562 g/mol. The summed E-state index contributed by atoms with van der Waals surface area (Å²) >= 11 is 6.19. The topological polar surface area (TPSA) is 71.5 Å². The molecule has 3 atom stereocenters. The van der Waals surface area contributed by atoms with E-state index < -0.39 is 17.7 Å². The molecular weight excluding hydrogens is 527 g/mol. The summed E-state index contributed by atoms with van der Waals surface area (Å²) in [7, 11) is 0. The van der Waals surface area contributed by atoms with Crippen molar-refractivity contribution < 1.29 is 19.0 Å². The fraction of sp³-hybridized carbons (Fsp3) is 0.455. The van der Waals surface area contributed by atoms with Crippen molar-refractivity contribution in [2.45, 2.75) is 75.4 Å². The van der Waals surface area contributed by atoms with Gasteiger partial charge in [0.2, 0.25) is 0 Å². The standard InChI is InChI=1S/C33H36ClFN2O3/c1-21(20-40-29-11-16-36-30-26(29)9-10-28(30)35)17-23-18-22-5-2-3-8-27(22)32(23)12-14-33(15-13-32,31(38)39)37-25-7-4-6-24(34)19-25/h2-8,11,16,19,21,23,28,37H,9-10,12-15,17-18,20H2,1H3,(H,38,39)/t21-,23?,28?,32?,33?/m1/s1. The van der Waals surface area contributed by atoms with Crippen LogP contribution in [0.2, 0.25) is 5.02 Å². The fourth-order valence-corrected chi connectivity index (χ4v) is 7.74. The molecule has 0 saturated heterocycles. The molecule has 2 unspecified atom stereocenters. The summed E-state index contributed by atoms with van der Waals surface area (Å²) in [6, 6.07) is 17.9. The second-order valence-electron chi connectivity index (χ2n) is 12.1. The number of fused-ring (bicyclic) bond motifs is 3. The van der Waals surface area contributed by atoms with Crippen LogP contribution in [0, 0.1) is 11.8 Å². The van der Waals surface area contributed by atoms with Crippen LogP contribution < -0.4 is 10.1 Å². The molecule has 1 heterocycles. The highest BCUT2D eigenvalue weighted by atomic mass is 35.5. The normalized spacial score (nSPS) is 27.7. The Morgan fingerprint density at radius 1 is 1.18 bits per heavy atom. The molecule has 3 aromatic rings. The smallest absolute Gasteiger partial charge is 0.329 e. The molecule has 40 heavy (non-hydrogen) atoms. The first-order valence-electron chi connectivity index (χ1n) is 14.4. The number of nitrogens with zero attached hydrogens (tertiary/aromatic N) is 1. The van der Waals surface area contributed by atoms with Crippen LogP contribution in [0.1, 0.15) is 74.0 Å². The van der Waals surface area contributed by atoms with Crippen LogP contribution in [0.3, 0.4) is 0 Å². The average molecular weight is 563 g/mol. The molecule has 0 bridgehead atoms. The third kappa shape index (κ3) is 4.85. The van der Waals surface area contributed by atoms with Gasteiger partial charge in [0, 0.05) is 22.5 Å². The lowest BCUT2D eigenvalue weighted by Crippen LogP contribution is -2.53. The maximum atomic E-state index is 14.2. The molecular formula is C33H36ClFN2O3. The number of aromatic nitrogens is 1. The van der Waals surface area contributed by atoms with Crippen molar-refractivity contribution in [3.05, 3.63) is 88.2 Å². The first kappa shape index (κ1) is 27.1. The van der Waals surface area contributed by atoms with Crippen LogP contribution in [0.5, 0.6) is 5.75 Å². The van der Waals surface area contributed by atoms with Crippen molar-refractivity contribution in [2.75, 3.05) is 11.9 Å². The number of pyridine rings is 1. The van der Waals surface area contributed by atoms with Crippen LogP contribution >= 0.6 is 11.6 Å². The molecule has 0 radical (unpaired) electrons. The van der Waals surface area contributed by atoms with Crippen LogP contribution in [0.25, 0.3) is 0 Å². The number of benzene rings is 2. The number of hydrogen-bond acceptors (Lipinski definition) is 4. The van der Waals surface area contributed by atoms with Crippen molar-refractivity contribution in [3.63, 3.8) is 0 Å². The molecule has 1 saturated carbocycles. The van der Waals surface area contributed by atoms with E-state index in [4.69, 9.17) is 16.3 Å². The Bertz CT molecular complexity index is 1400. The van der Waals surface area contributed by atoms with E-state index in [9.17, 15) is 14.3 Å². The summed E-state index contributed by atoms with van der Waals surface area (Å²) in [6.07, 6.45) is 6.46. The number of aliphatic carboxylic acids is 1. The summed E-state index contributed by atoms with van der Waals surface area (Å²) in [5.74, 6) is 0.642. The molecule has 2 aromatic carbocycles. The van der Waals surface area contributed by atoms with Gasteiger partial charge in [0.15, 0.2) is 0 Å². The lowest BCUT2D eigenvalue weighted by atomic mass is 9.59. The van der Waals surface area contributed by atoms with Gasteiger partial charge in [0.1, 0.15) is 17.5 Å². The minimum absolute atomic E-state index is 0.0564. The van der Waals surface area contributed by atoms with Gasteiger partial charge in [-0.25, -0.2) is 9.18 Å². The maximum absolute atomic E-state index is 14.2. The molecule has 2 N–H and O–H groups in total. The van der Waals surface area contributed by atoms with E-state index in [1.54, 1.807) is 18.3 Å². The van der Waals surface area contributed by atoms with Crippen LogP contribution in [0.4, 0.5) is 10.1 Å². The fourth-order valence-electron chi connectivity index (χ4n) is 7.55. The predicted molar refractivity (Wildman–Crippen MR) is 155 cm³/mol. The average Bonchev–Trinajstić information content (AvgIpc) is 3.47. The van der Waals surface area contributed by atoms with Crippen LogP contribution in [-0.4, -0.2) is 28.2 Å². The molecule has 5 nitrogen and oxygen atoms in total. The van der Waals surface area contributed by atoms with Gasteiger partial charge >= 0.3 is 5.97 Å². The van der Waals surface area contributed by atoms with E-state index in [0.717, 1.165) is 42.7 Å². The molecule has 6 rings (SSSR count). The second kappa shape index (κ2) is 10.7. The highest BCUT2D eigenvalue weighted by Gasteiger charge is 2.54. The Hall–Kier alpha value is -3.12. The number of anilines is 1. The third-order valence-electron chi connectivity index (χ3n) is 9.62. The summed E-state index contributed by atoms with van der Waals surface area (Å²) < 4.78 is 20.4. The van der Waals surface area contributed by atoms with E-state index in [0.29, 0.717) is 54.8 Å². The summed E-state index contributed by atoms with van der Waals surface area (Å²) in [5, 5.41) is 14.3. The molecule has 7 heteroatoms. The van der Waals surface area contributed by atoms with Gasteiger partial charge in [-0.2, -0.15) is 0 Å². The number of carboxylic acid groups (broad SMARTS) is 1. The highest BCUT2D eigenvalue weighted by molar-refractivity contribution is 6.30. The lowest BCUT2D eigenvalue weighted by Gasteiger charge is -2.47. The third-order valence-corrected chi connectivity index (χ3v) is 9.85. The minimum atomic E-state index is -1.03. The largest absolute Gasteiger partial charge is 0.493 e. The number of nitrogens with one attached hydrogen (secondary N) is 1. The molecule has 210 valence electrons. The van der Waals surface area contributed by atoms with Crippen molar-refractivity contribution >= 4 is 23.3 Å². The summed E-state index contributed by atoms with van der Waals surface area (Å²) in [5.41, 5.74) is 3.87. The van der Waals surface area contributed by atoms with Crippen molar-refractivity contribution in [2.24, 2.45) is 11.8 Å². The van der Waals surface area contributed by atoms with E-state index in [1.807, 2.05) is 18.2 Å². The minimum Gasteiger partial charge on any atom is -0.493 e. The van der Waals surface area contributed by atoms with Gasteiger partial charge in [0.05, 0.1) is 12.3 Å². The van der Waals surface area contributed by atoms with Crippen molar-refractivity contribution in [3.8, 4) is 5.75 Å². The first-order valence-corrected chi connectivity index (χ1v) is 14.8. The Morgan fingerprint density at radius 2 is 1.98 bits per heavy atom. The molecule has 1 fully saturated rings. The van der Waals surface area contributed by atoms with Gasteiger partial charge in [-0.15, -0.1) is 0 Å². The predicted octanol–water partition coefficient (Wildman–Crippen LogP) is 7.72. The lowest BCUT2D eigenvalue weighted by molar-refractivity contribution is -0.144. The molecule has 1 aromatic heterocycles. The quantitative estimate of drug-likeness (QED) is 0.294. The molecule has 3 aliphatic rings. The Kier molecular flexibility index (Phi) is 7.24. The number of carbonyl (C=O) groups is 1. The zero-order chi connectivity index (χ0) is 27.9. The zero-order valence-electron chi connectivity index (χ0n) is 22.8. The van der Waals surface area contributed by atoms with E-state index >= 15 is 0 Å². The van der Waals surface area contributed by atoms with Crippen molar-refractivity contribution in [1.29, 1.82) is 0 Å². The van der Waals surface area contributed by atoms with Crippen LogP contribution in [0.15, 0.2) is 60.8 Å². The van der Waals surface area contributed by atoms with E-state index in [2.05, 4.69) is 41.5 Å². The van der Waals surface area contributed by atoms with Gasteiger partial charge in [0.25, 0.3) is 0 Å². The van der Waals surface area contributed by atoms with Gasteiger partial charge < -0.3 is 15.2 Å². The molecule has 0 aliphatic heterocycles. The number of halogens is 2. The first-order chi connectivity index (χ1) is 19.3. The molecule has 1 spiro atoms. The summed E-state index contributed by atoms with van der Waals surface area (Å²) in [4.78, 5) is 16.9. The number of rotatable bonds is 8. The molecule has 0 amide bonds. The highest BCUT2D eigenvalue weighted by Crippen LogP contribution is 2.56. The second-order valence-corrected chi connectivity index (χ2v) is 12.5. The summed E-state index contributed by atoms with van der Waals surface area (Å²) in [6.45, 7) is 2.78. The zero-order valence-corrected chi connectivity index (χ0v) is 23.6. The Balaban J connectivity index is 1.19. The SMILES string of the molecule is C[C@@H](COc1ccnc2c1CCC2F)CC1Cc2ccccc2C12CCC(Nc1cccc(Cl)c1)(C(=O)O)CC2. The Morgan fingerprint density at radius 3 is 2.75 bits per heavy atom. The number of ether oxygens (including phenoxy) is 1. The number of alkyl halides is 1. The molecule has 3 aliphatic carbocycles. The van der Waals surface area contributed by atoms with Gasteiger partial charge in [-0.3, -0.25) is 4.98 Å². The van der Waals surface area contributed by atoms with E-state index in [1.165, 1.54) is 11.1 Å². The van der Waals surface area contributed by atoms with Crippen LogP contribution in [-0.2, 0) is 23.1 Å². The number of hydrogen-bond donors (Lipinski definition) is 2. The maximum Gasteiger partial charge on any atom is 0.329 e. The van der Waals surface area contributed by atoms with Gasteiger partial charge in [-0.1, -0.05) is 48.9 Å². The Labute approximate surface area is 240 Å². The van der Waals surface area contributed by atoms with Gasteiger partial charge in [-0.05, 0) is 104 Å². The number of carboxylic acids is 1. The van der Waals surface area contributed by atoms with Crippen molar-refractivity contribution in [1.82, 2.24) is 4.98 Å².